The summed E-state index contributed by atoms with van der Waals surface area (Å²) in [5.41, 5.74) is 5.13. The van der Waals surface area contributed by atoms with Gasteiger partial charge >= 0.3 is 0 Å². The van der Waals surface area contributed by atoms with Crippen molar-refractivity contribution in [2.45, 2.75) is 71.3 Å². The zero-order chi connectivity index (χ0) is 19.5. The Morgan fingerprint density at radius 2 is 1.37 bits per heavy atom. The number of hydrogen-bond acceptors (Lipinski definition) is 2. The molecule has 0 aliphatic heterocycles. The van der Waals surface area contributed by atoms with Crippen molar-refractivity contribution < 1.29 is 5.11 Å². The van der Waals surface area contributed by atoms with Crippen LogP contribution in [-0.2, 0) is 12.8 Å². The van der Waals surface area contributed by atoms with Gasteiger partial charge in [0.15, 0.2) is 0 Å². The molecule has 0 fully saturated rings. The largest absolute Gasteiger partial charge is 0.382 e. The lowest BCUT2D eigenvalue weighted by Gasteiger charge is -2.17. The molecule has 0 spiro atoms. The molecule has 0 saturated heterocycles. The summed E-state index contributed by atoms with van der Waals surface area (Å²) in [7, 11) is 0. The minimum Gasteiger partial charge on any atom is -0.382 e. The van der Waals surface area contributed by atoms with E-state index in [2.05, 4.69) is 62.1 Å². The van der Waals surface area contributed by atoms with Crippen molar-refractivity contribution in [2.24, 2.45) is 0 Å². The third kappa shape index (κ3) is 7.22. The molecule has 0 heterocycles. The van der Waals surface area contributed by atoms with Gasteiger partial charge in [0.2, 0.25) is 0 Å². The summed E-state index contributed by atoms with van der Waals surface area (Å²) < 4.78 is 0. The van der Waals surface area contributed by atoms with Gasteiger partial charge in [-0.25, -0.2) is 0 Å². The van der Waals surface area contributed by atoms with Crippen LogP contribution in [0.25, 0.3) is 0 Å². The predicted octanol–water partition coefficient (Wildman–Crippen LogP) is 6.81. The van der Waals surface area contributed by atoms with Crippen molar-refractivity contribution in [2.75, 3.05) is 5.32 Å². The first-order valence-electron chi connectivity index (χ1n) is 10.5. The Bertz CT molecular complexity index is 672. The lowest BCUT2D eigenvalue weighted by Crippen LogP contribution is -2.09. The maximum absolute atomic E-state index is 10.6. The average molecular weight is 366 g/mol. The molecule has 0 radical (unpaired) electrons. The standard InChI is InChI=1S/C25H35NO/c1-4-6-8-9-11-22-12-16-23(17-13-22)25(27)20(3)26-24-18-14-21(15-19-24)10-7-5-2/h12-19,25-27H,3-11H2,1-2H3. The van der Waals surface area contributed by atoms with Crippen LogP contribution in [-0.4, -0.2) is 5.11 Å². The van der Waals surface area contributed by atoms with Gasteiger partial charge in [-0.3, -0.25) is 0 Å². The number of nitrogens with one attached hydrogen (secondary N) is 1. The Balaban J connectivity index is 1.86. The number of benzene rings is 2. The molecule has 2 rings (SSSR count). The molecule has 0 bridgehead atoms. The van der Waals surface area contributed by atoms with Crippen LogP contribution in [0.15, 0.2) is 60.8 Å². The van der Waals surface area contributed by atoms with E-state index in [9.17, 15) is 5.11 Å². The number of aryl methyl sites for hydroxylation is 2. The Morgan fingerprint density at radius 1 is 0.815 bits per heavy atom. The van der Waals surface area contributed by atoms with E-state index in [1.54, 1.807) is 0 Å². The number of unbranched alkanes of at least 4 members (excludes halogenated alkanes) is 4. The fourth-order valence-corrected chi connectivity index (χ4v) is 3.21. The zero-order valence-corrected chi connectivity index (χ0v) is 17.0. The van der Waals surface area contributed by atoms with E-state index in [4.69, 9.17) is 0 Å². The van der Waals surface area contributed by atoms with Gasteiger partial charge in [0.05, 0.1) is 0 Å². The highest BCUT2D eigenvalue weighted by Gasteiger charge is 2.12. The van der Waals surface area contributed by atoms with E-state index >= 15 is 0 Å². The topological polar surface area (TPSA) is 32.3 Å². The highest BCUT2D eigenvalue weighted by Crippen LogP contribution is 2.23. The van der Waals surface area contributed by atoms with Crippen molar-refractivity contribution >= 4 is 5.69 Å². The van der Waals surface area contributed by atoms with Gasteiger partial charge in [-0.2, -0.15) is 0 Å². The second kappa shape index (κ2) is 11.6. The average Bonchev–Trinajstić information content (AvgIpc) is 2.70. The smallest absolute Gasteiger partial charge is 0.118 e. The van der Waals surface area contributed by atoms with Crippen LogP contribution in [0.3, 0.4) is 0 Å². The number of anilines is 1. The molecule has 2 N–H and O–H groups in total. The monoisotopic (exact) mass is 365 g/mol. The quantitative estimate of drug-likeness (QED) is 0.405. The van der Waals surface area contributed by atoms with Gasteiger partial charge in [-0.1, -0.05) is 82.5 Å². The Morgan fingerprint density at radius 3 is 1.96 bits per heavy atom. The molecule has 0 aliphatic rings. The van der Waals surface area contributed by atoms with E-state index in [-0.39, 0.29) is 0 Å². The van der Waals surface area contributed by atoms with E-state index in [0.29, 0.717) is 5.70 Å². The van der Waals surface area contributed by atoms with Crippen molar-refractivity contribution in [1.29, 1.82) is 0 Å². The molecule has 2 aromatic carbocycles. The first-order valence-corrected chi connectivity index (χ1v) is 10.5. The Kier molecular flexibility index (Phi) is 9.13. The van der Waals surface area contributed by atoms with E-state index < -0.39 is 6.10 Å². The zero-order valence-electron chi connectivity index (χ0n) is 17.0. The molecule has 27 heavy (non-hydrogen) atoms. The third-order valence-corrected chi connectivity index (χ3v) is 5.02. The molecule has 0 aromatic heterocycles. The summed E-state index contributed by atoms with van der Waals surface area (Å²) in [6, 6.07) is 16.7. The van der Waals surface area contributed by atoms with E-state index in [1.165, 1.54) is 49.7 Å². The first-order chi connectivity index (χ1) is 13.1. The molecular weight excluding hydrogens is 330 g/mol. The molecule has 146 valence electrons. The molecule has 0 aliphatic carbocycles. The minimum atomic E-state index is -0.709. The van der Waals surface area contributed by atoms with E-state index in [0.717, 1.165) is 24.1 Å². The second-order valence-electron chi connectivity index (χ2n) is 7.41. The number of aliphatic hydroxyl groups is 1. The van der Waals surface area contributed by atoms with Crippen molar-refractivity contribution in [3.63, 3.8) is 0 Å². The van der Waals surface area contributed by atoms with Gasteiger partial charge in [-0.15, -0.1) is 0 Å². The molecule has 1 atom stereocenters. The lowest BCUT2D eigenvalue weighted by molar-refractivity contribution is 0.217. The van der Waals surface area contributed by atoms with Crippen molar-refractivity contribution in [1.82, 2.24) is 0 Å². The summed E-state index contributed by atoms with van der Waals surface area (Å²) in [6.07, 6.45) is 9.04. The normalized spacial score (nSPS) is 12.0. The molecule has 2 heteroatoms. The van der Waals surface area contributed by atoms with Gasteiger partial charge in [0.25, 0.3) is 0 Å². The summed E-state index contributed by atoms with van der Waals surface area (Å²) >= 11 is 0. The van der Waals surface area contributed by atoms with Crippen LogP contribution in [0.1, 0.15) is 75.2 Å². The third-order valence-electron chi connectivity index (χ3n) is 5.02. The molecule has 2 aromatic rings. The van der Waals surface area contributed by atoms with Crippen LogP contribution in [0.4, 0.5) is 5.69 Å². The molecule has 0 amide bonds. The highest BCUT2D eigenvalue weighted by atomic mass is 16.3. The van der Waals surface area contributed by atoms with Gasteiger partial charge in [-0.05, 0) is 54.5 Å². The fourth-order valence-electron chi connectivity index (χ4n) is 3.21. The number of hydrogen-bond donors (Lipinski definition) is 2. The van der Waals surface area contributed by atoms with E-state index in [1.807, 2.05) is 12.1 Å². The second-order valence-corrected chi connectivity index (χ2v) is 7.41. The van der Waals surface area contributed by atoms with Crippen LogP contribution in [0.5, 0.6) is 0 Å². The number of rotatable bonds is 12. The van der Waals surface area contributed by atoms with Crippen molar-refractivity contribution in [3.05, 3.63) is 77.5 Å². The maximum atomic E-state index is 10.6. The first kappa shape index (κ1) is 21.2. The van der Waals surface area contributed by atoms with Gasteiger partial charge in [0, 0.05) is 11.4 Å². The maximum Gasteiger partial charge on any atom is 0.118 e. The molecule has 2 nitrogen and oxygen atoms in total. The van der Waals surface area contributed by atoms with Gasteiger partial charge < -0.3 is 10.4 Å². The molecule has 1 unspecified atom stereocenters. The fraction of sp³-hybridized carbons (Fsp3) is 0.440. The van der Waals surface area contributed by atoms with Crippen molar-refractivity contribution in [3.8, 4) is 0 Å². The Labute approximate surface area is 165 Å². The van der Waals surface area contributed by atoms with Crippen LogP contribution in [0, 0.1) is 0 Å². The number of aliphatic hydroxyl groups excluding tert-OH is 1. The summed E-state index contributed by atoms with van der Waals surface area (Å²) in [4.78, 5) is 0. The van der Waals surface area contributed by atoms with Crippen LogP contribution < -0.4 is 5.32 Å². The van der Waals surface area contributed by atoms with Gasteiger partial charge in [0.1, 0.15) is 6.10 Å². The molecular formula is C25H35NO. The minimum absolute atomic E-state index is 0.604. The lowest BCUT2D eigenvalue weighted by atomic mass is 10.0. The van der Waals surface area contributed by atoms with Crippen LogP contribution >= 0.6 is 0 Å². The van der Waals surface area contributed by atoms with Crippen LogP contribution in [0.2, 0.25) is 0 Å². The Hall–Kier alpha value is -2.06. The highest BCUT2D eigenvalue weighted by molar-refractivity contribution is 5.50. The summed E-state index contributed by atoms with van der Waals surface area (Å²) in [5.74, 6) is 0. The predicted molar refractivity (Wildman–Crippen MR) is 117 cm³/mol. The summed E-state index contributed by atoms with van der Waals surface area (Å²) in [6.45, 7) is 8.47. The molecule has 0 saturated carbocycles. The summed E-state index contributed by atoms with van der Waals surface area (Å²) in [5, 5.41) is 13.8. The SMILES string of the molecule is C=C(Nc1ccc(CCCC)cc1)C(O)c1ccc(CCCCCC)cc1.